The summed E-state index contributed by atoms with van der Waals surface area (Å²) < 4.78 is 16.5. The van der Waals surface area contributed by atoms with Gasteiger partial charge in [-0.1, -0.05) is 12.1 Å². The summed E-state index contributed by atoms with van der Waals surface area (Å²) in [5, 5.41) is 3.80. The average molecular weight is 291 g/mol. The average Bonchev–Trinajstić information content (AvgIpc) is 2.90. The van der Waals surface area contributed by atoms with Gasteiger partial charge in [0.05, 0.1) is 12.6 Å². The largest absolute Gasteiger partial charge is 0.490 e. The Morgan fingerprint density at radius 1 is 1.33 bits per heavy atom. The van der Waals surface area contributed by atoms with Crippen LogP contribution in [-0.4, -0.2) is 25.7 Å². The van der Waals surface area contributed by atoms with Gasteiger partial charge in [0.15, 0.2) is 11.3 Å². The first kappa shape index (κ1) is 15.4. The minimum Gasteiger partial charge on any atom is -0.490 e. The number of para-hydroxylation sites is 1. The second kappa shape index (κ2) is 7.13. The lowest BCUT2D eigenvalue weighted by Crippen LogP contribution is -2.29. The fourth-order valence-corrected chi connectivity index (χ4v) is 2.09. The van der Waals surface area contributed by atoms with Crippen LogP contribution in [0.25, 0.3) is 11.0 Å². The predicted octanol–water partition coefficient (Wildman–Crippen LogP) is 3.05. The summed E-state index contributed by atoms with van der Waals surface area (Å²) in [5.41, 5.74) is 0.709. The second-order valence-corrected chi connectivity index (χ2v) is 4.68. The molecule has 5 nitrogen and oxygen atoms in total. The molecule has 0 spiro atoms. The Bertz CT molecular complexity index is 605. The molecule has 1 amide bonds. The van der Waals surface area contributed by atoms with Gasteiger partial charge in [0, 0.05) is 12.0 Å². The third-order valence-corrected chi connectivity index (χ3v) is 3.07. The van der Waals surface area contributed by atoms with Crippen molar-refractivity contribution in [3.05, 3.63) is 30.0 Å². The number of hydrogen-bond donors (Lipinski definition) is 1. The van der Waals surface area contributed by atoms with Gasteiger partial charge in [-0.3, -0.25) is 4.79 Å². The van der Waals surface area contributed by atoms with Gasteiger partial charge in [-0.2, -0.15) is 0 Å². The highest BCUT2D eigenvalue weighted by Gasteiger charge is 2.16. The molecule has 0 aliphatic heterocycles. The summed E-state index contributed by atoms with van der Waals surface area (Å²) in [5.74, 6) is 1.26. The van der Waals surface area contributed by atoms with Gasteiger partial charge in [-0.15, -0.1) is 0 Å². The summed E-state index contributed by atoms with van der Waals surface area (Å²) in [4.78, 5) is 11.7. The van der Waals surface area contributed by atoms with Gasteiger partial charge in [0.2, 0.25) is 5.91 Å². The normalized spacial score (nSPS) is 12.3. The van der Waals surface area contributed by atoms with Crippen molar-refractivity contribution < 1.29 is 18.7 Å². The maximum atomic E-state index is 11.7. The maximum absolute atomic E-state index is 11.7. The Morgan fingerprint density at radius 2 is 2.14 bits per heavy atom. The van der Waals surface area contributed by atoms with E-state index in [9.17, 15) is 4.79 Å². The van der Waals surface area contributed by atoms with Crippen molar-refractivity contribution in [2.45, 2.75) is 26.8 Å². The van der Waals surface area contributed by atoms with Crippen molar-refractivity contribution in [3.8, 4) is 5.75 Å². The molecule has 0 saturated heterocycles. The van der Waals surface area contributed by atoms with Crippen LogP contribution in [0, 0.1) is 0 Å². The monoisotopic (exact) mass is 291 g/mol. The number of nitrogens with one attached hydrogen (secondary N) is 1. The van der Waals surface area contributed by atoms with Gasteiger partial charge < -0.3 is 19.2 Å². The predicted molar refractivity (Wildman–Crippen MR) is 80.4 cm³/mol. The number of rotatable bonds is 7. The first-order valence-electron chi connectivity index (χ1n) is 7.18. The van der Waals surface area contributed by atoms with E-state index in [1.165, 1.54) is 0 Å². The summed E-state index contributed by atoms with van der Waals surface area (Å²) in [6.07, 6.45) is 0. The Labute approximate surface area is 124 Å². The molecule has 0 aliphatic carbocycles. The third-order valence-electron chi connectivity index (χ3n) is 3.07. The maximum Gasteiger partial charge on any atom is 0.246 e. The molecule has 2 aromatic rings. The fraction of sp³-hybridized carbons (Fsp3) is 0.438. The quantitative estimate of drug-likeness (QED) is 0.851. The highest BCUT2D eigenvalue weighted by atomic mass is 16.5. The van der Waals surface area contributed by atoms with E-state index in [1.54, 1.807) is 0 Å². The first-order chi connectivity index (χ1) is 10.2. The standard InChI is InChI=1S/C16H21NO4/c1-4-19-10-15(18)17-11(3)14-9-12-7-6-8-13(20-5-2)16(12)21-14/h6-9,11H,4-5,10H2,1-3H3,(H,17,18). The number of furan rings is 1. The molecule has 1 heterocycles. The molecular weight excluding hydrogens is 270 g/mol. The number of carbonyl (C=O) groups is 1. The summed E-state index contributed by atoms with van der Waals surface area (Å²) in [6.45, 7) is 6.82. The number of amides is 1. The van der Waals surface area contributed by atoms with Crippen LogP contribution in [0.2, 0.25) is 0 Å². The summed E-state index contributed by atoms with van der Waals surface area (Å²) >= 11 is 0. The number of benzene rings is 1. The van der Waals surface area contributed by atoms with E-state index in [1.807, 2.05) is 45.0 Å². The molecular formula is C16H21NO4. The molecule has 0 saturated carbocycles. The van der Waals surface area contributed by atoms with E-state index >= 15 is 0 Å². The van der Waals surface area contributed by atoms with Crippen LogP contribution in [0.1, 0.15) is 32.6 Å². The van der Waals surface area contributed by atoms with Crippen molar-refractivity contribution in [3.63, 3.8) is 0 Å². The highest BCUT2D eigenvalue weighted by molar-refractivity contribution is 5.84. The molecule has 21 heavy (non-hydrogen) atoms. The van der Waals surface area contributed by atoms with Crippen LogP contribution in [0.5, 0.6) is 5.75 Å². The molecule has 1 aromatic carbocycles. The van der Waals surface area contributed by atoms with E-state index < -0.39 is 0 Å². The molecule has 0 bridgehead atoms. The number of hydrogen-bond acceptors (Lipinski definition) is 4. The molecule has 5 heteroatoms. The number of carbonyl (C=O) groups excluding carboxylic acids is 1. The van der Waals surface area contributed by atoms with Crippen molar-refractivity contribution in [1.29, 1.82) is 0 Å². The molecule has 114 valence electrons. The van der Waals surface area contributed by atoms with Gasteiger partial charge >= 0.3 is 0 Å². The lowest BCUT2D eigenvalue weighted by molar-refractivity contribution is -0.126. The van der Waals surface area contributed by atoms with E-state index in [2.05, 4.69) is 5.32 Å². The number of fused-ring (bicyclic) bond motifs is 1. The Balaban J connectivity index is 2.14. The van der Waals surface area contributed by atoms with Gasteiger partial charge in [0.1, 0.15) is 12.4 Å². The SMILES string of the molecule is CCOCC(=O)NC(C)c1cc2cccc(OCC)c2o1. The molecule has 2 rings (SSSR count). The topological polar surface area (TPSA) is 60.7 Å². The van der Waals surface area contributed by atoms with Crippen LogP contribution < -0.4 is 10.1 Å². The smallest absolute Gasteiger partial charge is 0.246 e. The zero-order chi connectivity index (χ0) is 15.2. The van der Waals surface area contributed by atoms with Crippen LogP contribution in [0.4, 0.5) is 0 Å². The summed E-state index contributed by atoms with van der Waals surface area (Å²) in [6, 6.07) is 7.45. The van der Waals surface area contributed by atoms with Crippen molar-refractivity contribution in [1.82, 2.24) is 5.32 Å². The van der Waals surface area contributed by atoms with Crippen molar-refractivity contribution >= 4 is 16.9 Å². The van der Waals surface area contributed by atoms with E-state index in [4.69, 9.17) is 13.9 Å². The third kappa shape index (κ3) is 3.76. The van der Waals surface area contributed by atoms with Gasteiger partial charge in [0.25, 0.3) is 0 Å². The Kier molecular flexibility index (Phi) is 5.22. The molecule has 0 aliphatic rings. The van der Waals surface area contributed by atoms with Crippen LogP contribution in [-0.2, 0) is 9.53 Å². The molecule has 1 atom stereocenters. The van der Waals surface area contributed by atoms with E-state index in [-0.39, 0.29) is 18.6 Å². The molecule has 0 radical (unpaired) electrons. The second-order valence-electron chi connectivity index (χ2n) is 4.68. The van der Waals surface area contributed by atoms with E-state index in [0.717, 1.165) is 5.39 Å². The lowest BCUT2D eigenvalue weighted by atomic mass is 10.2. The number of ether oxygens (including phenoxy) is 2. The van der Waals surface area contributed by atoms with Crippen LogP contribution in [0.3, 0.4) is 0 Å². The first-order valence-corrected chi connectivity index (χ1v) is 7.18. The Morgan fingerprint density at radius 3 is 2.86 bits per heavy atom. The molecule has 0 fully saturated rings. The fourth-order valence-electron chi connectivity index (χ4n) is 2.09. The van der Waals surface area contributed by atoms with Gasteiger partial charge in [-0.25, -0.2) is 0 Å². The molecule has 1 aromatic heterocycles. The highest BCUT2D eigenvalue weighted by Crippen LogP contribution is 2.31. The molecule has 1 N–H and O–H groups in total. The van der Waals surface area contributed by atoms with Crippen molar-refractivity contribution in [2.75, 3.05) is 19.8 Å². The zero-order valence-electron chi connectivity index (χ0n) is 12.6. The lowest BCUT2D eigenvalue weighted by Gasteiger charge is -2.11. The molecule has 1 unspecified atom stereocenters. The van der Waals surface area contributed by atoms with Crippen LogP contribution in [0.15, 0.2) is 28.7 Å². The Hall–Kier alpha value is -2.01. The minimum absolute atomic E-state index is 0.0608. The summed E-state index contributed by atoms with van der Waals surface area (Å²) in [7, 11) is 0. The zero-order valence-corrected chi connectivity index (χ0v) is 12.6. The van der Waals surface area contributed by atoms with Gasteiger partial charge in [-0.05, 0) is 32.9 Å². The van der Waals surface area contributed by atoms with Crippen molar-refractivity contribution in [2.24, 2.45) is 0 Å². The van der Waals surface area contributed by atoms with Crippen LogP contribution >= 0.6 is 0 Å². The minimum atomic E-state index is -0.222. The van der Waals surface area contributed by atoms with E-state index in [0.29, 0.717) is 30.3 Å².